The number of thiazole rings is 1. The summed E-state index contributed by atoms with van der Waals surface area (Å²) in [5.41, 5.74) is 2.97. The fraction of sp³-hybridized carbons (Fsp3) is 0.0952. The molecule has 134 valence electrons. The summed E-state index contributed by atoms with van der Waals surface area (Å²) in [6, 6.07) is 18.7. The molecule has 0 radical (unpaired) electrons. The van der Waals surface area contributed by atoms with E-state index in [0.29, 0.717) is 11.3 Å². The van der Waals surface area contributed by atoms with Gasteiger partial charge in [0, 0.05) is 37.0 Å². The molecule has 0 saturated carbocycles. The molecule has 0 spiro atoms. The number of carbonyl (C=O) groups excluding carboxylic acids is 1. The van der Waals surface area contributed by atoms with Gasteiger partial charge in [0.25, 0.3) is 11.5 Å². The van der Waals surface area contributed by atoms with Crippen LogP contribution in [0.3, 0.4) is 0 Å². The van der Waals surface area contributed by atoms with Crippen molar-refractivity contribution in [1.82, 2.24) is 9.55 Å². The highest BCUT2D eigenvalue weighted by atomic mass is 32.1. The van der Waals surface area contributed by atoms with Crippen molar-refractivity contribution in [3.63, 3.8) is 0 Å². The van der Waals surface area contributed by atoms with Crippen molar-refractivity contribution >= 4 is 33.1 Å². The molecule has 1 amide bonds. The minimum Gasteiger partial charge on any atom is -0.322 e. The van der Waals surface area contributed by atoms with Crippen molar-refractivity contribution < 1.29 is 4.79 Å². The van der Waals surface area contributed by atoms with Crippen LogP contribution in [0.15, 0.2) is 71.7 Å². The molecule has 0 fully saturated rings. The van der Waals surface area contributed by atoms with Gasteiger partial charge in [0.05, 0.1) is 15.2 Å². The molecule has 0 saturated heterocycles. The third-order valence-electron chi connectivity index (χ3n) is 4.27. The van der Waals surface area contributed by atoms with Crippen molar-refractivity contribution in [2.24, 2.45) is 7.05 Å². The summed E-state index contributed by atoms with van der Waals surface area (Å²) in [7, 11) is 1.65. The normalized spacial score (nSPS) is 10.9. The predicted octanol–water partition coefficient (Wildman–Crippen LogP) is 3.84. The molecule has 4 aromatic rings. The lowest BCUT2D eigenvalue weighted by Crippen LogP contribution is -2.19. The number of nitrogens with one attached hydrogen (secondary N) is 1. The Morgan fingerprint density at radius 2 is 1.89 bits per heavy atom. The summed E-state index contributed by atoms with van der Waals surface area (Å²) in [6.45, 7) is 0. The molecule has 0 aliphatic carbocycles. The molecule has 4 rings (SSSR count). The number of para-hydroxylation sites is 1. The van der Waals surface area contributed by atoms with Crippen molar-refractivity contribution in [1.29, 1.82) is 0 Å². The van der Waals surface area contributed by atoms with E-state index >= 15 is 0 Å². The van der Waals surface area contributed by atoms with E-state index in [0.717, 1.165) is 22.5 Å². The fourth-order valence-electron chi connectivity index (χ4n) is 2.77. The first kappa shape index (κ1) is 17.2. The van der Waals surface area contributed by atoms with E-state index in [1.54, 1.807) is 30.6 Å². The monoisotopic (exact) mass is 375 g/mol. The van der Waals surface area contributed by atoms with Crippen LogP contribution in [0.25, 0.3) is 10.2 Å². The molecule has 2 heterocycles. The standard InChI is InChI=1S/C21H17N3O2S/c1-24-11-10-15(13-20(24)25)21(26)22-16-8-6-14(7-9-16)12-19-23-17-4-2-3-5-18(17)27-19/h2-11,13H,12H2,1H3,(H,22,26). The first-order valence-corrected chi connectivity index (χ1v) is 9.31. The van der Waals surface area contributed by atoms with Crippen molar-refractivity contribution in [3.05, 3.63) is 93.3 Å². The summed E-state index contributed by atoms with van der Waals surface area (Å²) in [5.74, 6) is -0.299. The second-order valence-corrected chi connectivity index (χ2v) is 7.38. The third-order valence-corrected chi connectivity index (χ3v) is 5.31. The number of amides is 1. The molecule has 1 N–H and O–H groups in total. The van der Waals surface area contributed by atoms with E-state index in [1.807, 2.05) is 42.5 Å². The highest BCUT2D eigenvalue weighted by molar-refractivity contribution is 7.18. The van der Waals surface area contributed by atoms with Crippen LogP contribution >= 0.6 is 11.3 Å². The first-order chi connectivity index (χ1) is 13.1. The first-order valence-electron chi connectivity index (χ1n) is 8.50. The number of hydrogen-bond acceptors (Lipinski definition) is 4. The third kappa shape index (κ3) is 3.80. The minimum atomic E-state index is -0.299. The Morgan fingerprint density at radius 3 is 2.63 bits per heavy atom. The zero-order chi connectivity index (χ0) is 18.8. The lowest BCUT2D eigenvalue weighted by molar-refractivity contribution is 0.102. The Balaban J connectivity index is 1.46. The molecular weight excluding hydrogens is 358 g/mol. The van der Waals surface area contributed by atoms with Gasteiger partial charge in [0.1, 0.15) is 0 Å². The van der Waals surface area contributed by atoms with Gasteiger partial charge in [-0.25, -0.2) is 4.98 Å². The molecule has 0 bridgehead atoms. The van der Waals surface area contributed by atoms with Crippen LogP contribution in [0, 0.1) is 0 Å². The topological polar surface area (TPSA) is 64.0 Å². The molecule has 0 atom stereocenters. The zero-order valence-corrected chi connectivity index (χ0v) is 15.5. The van der Waals surface area contributed by atoms with E-state index in [-0.39, 0.29) is 11.5 Å². The van der Waals surface area contributed by atoms with Gasteiger partial charge in [-0.3, -0.25) is 9.59 Å². The average molecular weight is 375 g/mol. The summed E-state index contributed by atoms with van der Waals surface area (Å²) in [6.07, 6.45) is 2.33. The molecular formula is C21H17N3O2S. The highest BCUT2D eigenvalue weighted by Gasteiger charge is 2.08. The van der Waals surface area contributed by atoms with Gasteiger partial charge in [-0.2, -0.15) is 0 Å². The Labute approximate surface area is 159 Å². The van der Waals surface area contributed by atoms with Crippen molar-refractivity contribution in [2.75, 3.05) is 5.32 Å². The van der Waals surface area contributed by atoms with Crippen molar-refractivity contribution in [2.45, 2.75) is 6.42 Å². The quantitative estimate of drug-likeness (QED) is 0.589. The maximum Gasteiger partial charge on any atom is 0.255 e. The largest absolute Gasteiger partial charge is 0.322 e. The molecule has 6 heteroatoms. The number of benzene rings is 2. The number of nitrogens with zero attached hydrogens (tertiary/aromatic N) is 2. The van der Waals surface area contributed by atoms with Gasteiger partial charge in [0.15, 0.2) is 0 Å². The number of fused-ring (bicyclic) bond motifs is 1. The molecule has 27 heavy (non-hydrogen) atoms. The molecule has 0 unspecified atom stereocenters. The fourth-order valence-corrected chi connectivity index (χ4v) is 3.77. The van der Waals surface area contributed by atoms with Crippen LogP contribution in [0.5, 0.6) is 0 Å². The van der Waals surface area contributed by atoms with Gasteiger partial charge in [0.2, 0.25) is 0 Å². The molecule has 5 nitrogen and oxygen atoms in total. The molecule has 2 aromatic heterocycles. The van der Waals surface area contributed by atoms with E-state index < -0.39 is 0 Å². The van der Waals surface area contributed by atoms with Gasteiger partial charge < -0.3 is 9.88 Å². The van der Waals surface area contributed by atoms with Crippen LogP contribution in [-0.2, 0) is 13.5 Å². The smallest absolute Gasteiger partial charge is 0.255 e. The number of anilines is 1. The van der Waals surface area contributed by atoms with E-state index in [1.165, 1.54) is 15.3 Å². The van der Waals surface area contributed by atoms with Crippen LogP contribution in [0.2, 0.25) is 0 Å². The van der Waals surface area contributed by atoms with Crippen molar-refractivity contribution in [3.8, 4) is 0 Å². The van der Waals surface area contributed by atoms with E-state index in [9.17, 15) is 9.59 Å². The zero-order valence-electron chi connectivity index (χ0n) is 14.7. The SMILES string of the molecule is Cn1ccc(C(=O)Nc2ccc(Cc3nc4ccccc4s3)cc2)cc1=O. The number of hydrogen-bond donors (Lipinski definition) is 1. The Kier molecular flexibility index (Phi) is 4.56. The average Bonchev–Trinajstić information content (AvgIpc) is 3.08. The maximum atomic E-state index is 12.3. The van der Waals surface area contributed by atoms with Crippen LogP contribution in [0.1, 0.15) is 20.9 Å². The van der Waals surface area contributed by atoms with Gasteiger partial charge in [-0.1, -0.05) is 24.3 Å². The van der Waals surface area contributed by atoms with Crippen LogP contribution in [-0.4, -0.2) is 15.5 Å². The molecule has 0 aliphatic heterocycles. The molecule has 0 aliphatic rings. The number of rotatable bonds is 4. The van der Waals surface area contributed by atoms with E-state index in [2.05, 4.69) is 16.4 Å². The number of pyridine rings is 1. The Hall–Kier alpha value is -3.25. The van der Waals surface area contributed by atoms with E-state index in [4.69, 9.17) is 0 Å². The number of carbonyl (C=O) groups is 1. The maximum absolute atomic E-state index is 12.3. The number of aromatic nitrogens is 2. The Morgan fingerprint density at radius 1 is 1.11 bits per heavy atom. The van der Waals surface area contributed by atoms with Crippen LogP contribution < -0.4 is 10.9 Å². The van der Waals surface area contributed by atoms with Gasteiger partial charge in [-0.15, -0.1) is 11.3 Å². The number of aryl methyl sites for hydroxylation is 1. The predicted molar refractivity (Wildman–Crippen MR) is 109 cm³/mol. The summed E-state index contributed by atoms with van der Waals surface area (Å²) in [4.78, 5) is 28.6. The molecule has 2 aromatic carbocycles. The van der Waals surface area contributed by atoms with Crippen LogP contribution in [0.4, 0.5) is 5.69 Å². The Bertz CT molecular complexity index is 1140. The van der Waals surface area contributed by atoms with Gasteiger partial charge in [-0.05, 0) is 35.9 Å². The highest BCUT2D eigenvalue weighted by Crippen LogP contribution is 2.24. The second-order valence-electron chi connectivity index (χ2n) is 6.27. The lowest BCUT2D eigenvalue weighted by atomic mass is 10.1. The summed E-state index contributed by atoms with van der Waals surface area (Å²) >= 11 is 1.69. The summed E-state index contributed by atoms with van der Waals surface area (Å²) in [5, 5.41) is 3.88. The minimum absolute atomic E-state index is 0.214. The lowest BCUT2D eigenvalue weighted by Gasteiger charge is -2.07. The summed E-state index contributed by atoms with van der Waals surface area (Å²) < 4.78 is 2.61. The van der Waals surface area contributed by atoms with Gasteiger partial charge >= 0.3 is 0 Å². The second kappa shape index (κ2) is 7.17.